The van der Waals surface area contributed by atoms with E-state index >= 15 is 0 Å². The minimum absolute atomic E-state index is 0.0216. The normalized spacial score (nSPS) is 47.0. The van der Waals surface area contributed by atoms with Crippen molar-refractivity contribution in [1.82, 2.24) is 0 Å². The molecule has 4 aliphatic carbocycles. The number of hydrogen-bond acceptors (Lipinski definition) is 3. The molecule has 3 saturated carbocycles. The van der Waals surface area contributed by atoms with E-state index < -0.39 is 5.60 Å². The molecule has 0 saturated heterocycles. The van der Waals surface area contributed by atoms with Gasteiger partial charge in [-0.15, -0.1) is 6.42 Å². The highest BCUT2D eigenvalue weighted by atomic mass is 16.5. The summed E-state index contributed by atoms with van der Waals surface area (Å²) in [7, 11) is 0. The fraction of sp³-hybridized carbons (Fsp3) is 0.783. The lowest BCUT2D eigenvalue weighted by Gasteiger charge is -2.56. The first-order chi connectivity index (χ1) is 12.4. The number of hydrogen-bond donors (Lipinski definition) is 1. The highest BCUT2D eigenvalue weighted by Crippen LogP contribution is 2.66. The van der Waals surface area contributed by atoms with Crippen LogP contribution in [-0.2, 0) is 9.53 Å². The van der Waals surface area contributed by atoms with Crippen molar-refractivity contribution in [2.24, 2.45) is 29.1 Å². The summed E-state index contributed by atoms with van der Waals surface area (Å²) in [6.07, 6.45) is 17.5. The number of rotatable bonds is 2. The predicted molar refractivity (Wildman–Crippen MR) is 101 cm³/mol. The van der Waals surface area contributed by atoms with E-state index in [1.807, 2.05) is 0 Å². The second kappa shape index (κ2) is 6.41. The molecular formula is C23H32O3. The Morgan fingerprint density at radius 2 is 2.08 bits per heavy atom. The molecular weight excluding hydrogens is 324 g/mol. The van der Waals surface area contributed by atoms with Crippen LogP contribution < -0.4 is 0 Å². The Labute approximate surface area is 157 Å². The first kappa shape index (κ1) is 18.1. The zero-order valence-corrected chi connectivity index (χ0v) is 16.2. The van der Waals surface area contributed by atoms with Gasteiger partial charge in [-0.3, -0.25) is 4.79 Å². The largest absolute Gasteiger partial charge is 0.458 e. The van der Waals surface area contributed by atoms with E-state index in [1.165, 1.54) is 25.3 Å². The van der Waals surface area contributed by atoms with E-state index in [4.69, 9.17) is 11.2 Å². The Morgan fingerprint density at radius 3 is 2.77 bits per heavy atom. The van der Waals surface area contributed by atoms with Crippen LogP contribution >= 0.6 is 0 Å². The van der Waals surface area contributed by atoms with E-state index in [-0.39, 0.29) is 17.5 Å². The zero-order valence-electron chi connectivity index (χ0n) is 16.2. The molecule has 1 N–H and O–H groups in total. The number of esters is 1. The van der Waals surface area contributed by atoms with Crippen LogP contribution in [0.15, 0.2) is 11.6 Å². The van der Waals surface area contributed by atoms with Crippen molar-refractivity contribution >= 4 is 5.97 Å². The molecule has 0 amide bonds. The lowest BCUT2D eigenvalue weighted by atomic mass is 9.49. The first-order valence-corrected chi connectivity index (χ1v) is 10.5. The lowest BCUT2D eigenvalue weighted by molar-refractivity contribution is -0.145. The van der Waals surface area contributed by atoms with Gasteiger partial charge in [0.25, 0.3) is 0 Å². The van der Waals surface area contributed by atoms with Crippen LogP contribution in [0.1, 0.15) is 71.6 Å². The summed E-state index contributed by atoms with van der Waals surface area (Å²) in [4.78, 5) is 11.3. The Balaban J connectivity index is 1.58. The number of aliphatic hydroxyl groups is 1. The summed E-state index contributed by atoms with van der Waals surface area (Å²) in [6, 6.07) is 0. The van der Waals surface area contributed by atoms with Crippen molar-refractivity contribution < 1.29 is 14.6 Å². The molecule has 0 radical (unpaired) electrons. The van der Waals surface area contributed by atoms with Crippen molar-refractivity contribution in [3.05, 3.63) is 11.6 Å². The van der Waals surface area contributed by atoms with Crippen LogP contribution in [0, 0.1) is 41.4 Å². The minimum Gasteiger partial charge on any atom is -0.458 e. The summed E-state index contributed by atoms with van der Waals surface area (Å²) in [5.74, 6) is 5.26. The van der Waals surface area contributed by atoms with Gasteiger partial charge >= 0.3 is 5.97 Å². The van der Waals surface area contributed by atoms with Gasteiger partial charge in [0.05, 0.1) is 0 Å². The van der Waals surface area contributed by atoms with Gasteiger partial charge in [0.1, 0.15) is 11.7 Å². The monoisotopic (exact) mass is 356 g/mol. The summed E-state index contributed by atoms with van der Waals surface area (Å²) < 4.78 is 5.45. The Hall–Kier alpha value is -1.27. The molecule has 3 nitrogen and oxygen atoms in total. The van der Waals surface area contributed by atoms with Crippen LogP contribution in [0.25, 0.3) is 0 Å². The summed E-state index contributed by atoms with van der Waals surface area (Å²) in [5.41, 5.74) is 0.553. The Morgan fingerprint density at radius 1 is 1.27 bits per heavy atom. The van der Waals surface area contributed by atoms with Gasteiger partial charge in [0.15, 0.2) is 0 Å². The van der Waals surface area contributed by atoms with E-state index in [9.17, 15) is 9.90 Å². The number of fused-ring (bicyclic) bond motifs is 5. The highest BCUT2D eigenvalue weighted by molar-refractivity contribution is 5.66. The number of carbonyl (C=O) groups is 1. The average Bonchev–Trinajstić information content (AvgIpc) is 2.94. The fourth-order valence-electron chi connectivity index (χ4n) is 7.38. The topological polar surface area (TPSA) is 46.5 Å². The molecule has 142 valence electrons. The third kappa shape index (κ3) is 2.48. The van der Waals surface area contributed by atoms with E-state index in [0.29, 0.717) is 17.8 Å². The molecule has 0 bridgehead atoms. The quantitative estimate of drug-likeness (QED) is 0.457. The van der Waals surface area contributed by atoms with Crippen molar-refractivity contribution in [3.8, 4) is 12.3 Å². The molecule has 0 aromatic carbocycles. The predicted octanol–water partition coefficient (Wildman–Crippen LogP) is 4.25. The summed E-state index contributed by atoms with van der Waals surface area (Å²) >= 11 is 0. The average molecular weight is 357 g/mol. The molecule has 0 spiro atoms. The second-order valence-electron chi connectivity index (χ2n) is 9.14. The highest BCUT2D eigenvalue weighted by Gasteiger charge is 2.63. The maximum absolute atomic E-state index is 11.3. The van der Waals surface area contributed by atoms with Crippen molar-refractivity contribution in [1.29, 1.82) is 0 Å². The molecule has 26 heavy (non-hydrogen) atoms. The van der Waals surface area contributed by atoms with E-state index in [2.05, 4.69) is 18.9 Å². The number of ether oxygens (including phenoxy) is 1. The van der Waals surface area contributed by atoms with Crippen molar-refractivity contribution in [3.63, 3.8) is 0 Å². The molecule has 3 heteroatoms. The molecule has 0 aromatic rings. The third-order valence-corrected chi connectivity index (χ3v) is 8.45. The van der Waals surface area contributed by atoms with Gasteiger partial charge in [-0.2, -0.15) is 0 Å². The molecule has 2 unspecified atom stereocenters. The maximum Gasteiger partial charge on any atom is 0.303 e. The maximum atomic E-state index is 11.3. The molecule has 7 atom stereocenters. The third-order valence-electron chi connectivity index (χ3n) is 8.45. The van der Waals surface area contributed by atoms with Crippen LogP contribution in [0.5, 0.6) is 0 Å². The van der Waals surface area contributed by atoms with Crippen LogP contribution in [0.2, 0.25) is 0 Å². The van der Waals surface area contributed by atoms with Crippen molar-refractivity contribution in [2.45, 2.75) is 83.3 Å². The molecule has 0 aromatic heterocycles. The molecule has 4 aliphatic rings. The van der Waals surface area contributed by atoms with Crippen molar-refractivity contribution in [2.75, 3.05) is 0 Å². The van der Waals surface area contributed by atoms with Gasteiger partial charge in [0.2, 0.25) is 0 Å². The number of allylic oxidation sites excluding steroid dienone is 1. The summed E-state index contributed by atoms with van der Waals surface area (Å²) in [5, 5.41) is 11.2. The fourth-order valence-corrected chi connectivity index (χ4v) is 7.38. The van der Waals surface area contributed by atoms with Crippen LogP contribution in [0.3, 0.4) is 0 Å². The van der Waals surface area contributed by atoms with Crippen LogP contribution in [-0.4, -0.2) is 22.8 Å². The van der Waals surface area contributed by atoms with Gasteiger partial charge in [-0.1, -0.05) is 18.4 Å². The smallest absolute Gasteiger partial charge is 0.303 e. The Bertz CT molecular complexity index is 659. The standard InChI is InChI=1S/C23H32O3/c1-4-22-12-10-19-18-9-7-17(26-15(3)24)14-16(18)6-8-20(19)21(22)11-13-23(22,25)5-2/h2,14,17-21,25H,4,6-13H2,1,3H3/t17?,18-,19+,20+,21-,22?,23-/m0/s1. The van der Waals surface area contributed by atoms with Gasteiger partial charge in [0, 0.05) is 12.3 Å². The Kier molecular flexibility index (Phi) is 4.47. The second-order valence-corrected chi connectivity index (χ2v) is 9.14. The van der Waals surface area contributed by atoms with E-state index in [0.717, 1.165) is 50.9 Å². The zero-order chi connectivity index (χ0) is 18.5. The van der Waals surface area contributed by atoms with Gasteiger partial charge < -0.3 is 9.84 Å². The molecule has 0 heterocycles. The number of terminal acetylenes is 1. The molecule has 3 fully saturated rings. The SMILES string of the molecule is C#C[C@]1(O)CC[C@H]2[C@@H]3CCC4=CC(OC(C)=O)CC[C@@H]4[C@H]3CCC21CC. The molecule has 0 aliphatic heterocycles. The molecule has 4 rings (SSSR count). The van der Waals surface area contributed by atoms with E-state index in [1.54, 1.807) is 0 Å². The first-order valence-electron chi connectivity index (χ1n) is 10.5. The minimum atomic E-state index is -0.902. The lowest BCUT2D eigenvalue weighted by Crippen LogP contribution is -2.53. The van der Waals surface area contributed by atoms with Crippen LogP contribution in [0.4, 0.5) is 0 Å². The van der Waals surface area contributed by atoms with Gasteiger partial charge in [-0.25, -0.2) is 0 Å². The number of carbonyl (C=O) groups excluding carboxylic acids is 1. The summed E-state index contributed by atoms with van der Waals surface area (Å²) in [6.45, 7) is 3.72. The van der Waals surface area contributed by atoms with Gasteiger partial charge in [-0.05, 0) is 87.5 Å².